The van der Waals surface area contributed by atoms with E-state index in [0.29, 0.717) is 17.9 Å². The molecule has 1 aromatic heterocycles. The SMILES string of the molecule is Cc1ccoc1C(Br)c1c(F)cc(F)cc1F. The highest BCUT2D eigenvalue weighted by atomic mass is 79.9. The van der Waals surface area contributed by atoms with Gasteiger partial charge in [0.1, 0.15) is 28.0 Å². The largest absolute Gasteiger partial charge is 0.468 e. The molecule has 5 heteroatoms. The lowest BCUT2D eigenvalue weighted by Gasteiger charge is -2.11. The van der Waals surface area contributed by atoms with Gasteiger partial charge in [0.15, 0.2) is 0 Å². The maximum Gasteiger partial charge on any atom is 0.133 e. The van der Waals surface area contributed by atoms with Gasteiger partial charge in [0.2, 0.25) is 0 Å². The molecule has 0 amide bonds. The highest BCUT2D eigenvalue weighted by molar-refractivity contribution is 9.09. The van der Waals surface area contributed by atoms with Crippen molar-refractivity contribution in [2.24, 2.45) is 0 Å². The van der Waals surface area contributed by atoms with Gasteiger partial charge in [0, 0.05) is 17.7 Å². The predicted molar refractivity (Wildman–Crippen MR) is 60.5 cm³/mol. The van der Waals surface area contributed by atoms with E-state index < -0.39 is 22.3 Å². The molecule has 1 atom stereocenters. The summed E-state index contributed by atoms with van der Waals surface area (Å²) in [6, 6.07) is 2.97. The van der Waals surface area contributed by atoms with Crippen molar-refractivity contribution in [2.45, 2.75) is 11.8 Å². The van der Waals surface area contributed by atoms with Gasteiger partial charge in [-0.15, -0.1) is 0 Å². The van der Waals surface area contributed by atoms with Crippen LogP contribution in [0.3, 0.4) is 0 Å². The predicted octanol–water partition coefficient (Wildman–Crippen LogP) is 4.49. The van der Waals surface area contributed by atoms with Gasteiger partial charge in [-0.25, -0.2) is 13.2 Å². The summed E-state index contributed by atoms with van der Waals surface area (Å²) in [5, 5.41) is 0. The topological polar surface area (TPSA) is 13.1 Å². The fraction of sp³-hybridized carbons (Fsp3) is 0.167. The van der Waals surface area contributed by atoms with Gasteiger partial charge in [-0.05, 0) is 18.6 Å². The molecule has 0 spiro atoms. The molecule has 17 heavy (non-hydrogen) atoms. The van der Waals surface area contributed by atoms with E-state index in [0.717, 1.165) is 5.56 Å². The zero-order valence-electron chi connectivity index (χ0n) is 8.81. The third kappa shape index (κ3) is 2.24. The fourth-order valence-electron chi connectivity index (χ4n) is 1.57. The fourth-order valence-corrected chi connectivity index (χ4v) is 2.48. The highest BCUT2D eigenvalue weighted by Crippen LogP contribution is 2.36. The Kier molecular flexibility index (Phi) is 3.28. The lowest BCUT2D eigenvalue weighted by atomic mass is 10.1. The number of furan rings is 1. The van der Waals surface area contributed by atoms with Crippen molar-refractivity contribution < 1.29 is 17.6 Å². The minimum Gasteiger partial charge on any atom is -0.468 e. The quantitative estimate of drug-likeness (QED) is 0.745. The maximum absolute atomic E-state index is 13.5. The van der Waals surface area contributed by atoms with Crippen LogP contribution in [0.25, 0.3) is 0 Å². The van der Waals surface area contributed by atoms with E-state index in [1.165, 1.54) is 6.26 Å². The summed E-state index contributed by atoms with van der Waals surface area (Å²) in [6.45, 7) is 1.76. The zero-order chi connectivity index (χ0) is 12.6. The number of hydrogen-bond donors (Lipinski definition) is 0. The van der Waals surface area contributed by atoms with E-state index >= 15 is 0 Å². The first-order chi connectivity index (χ1) is 8.00. The second kappa shape index (κ2) is 4.56. The molecule has 0 aliphatic rings. The van der Waals surface area contributed by atoms with Crippen LogP contribution in [-0.4, -0.2) is 0 Å². The number of benzene rings is 1. The number of rotatable bonds is 2. The van der Waals surface area contributed by atoms with Gasteiger partial charge in [0.25, 0.3) is 0 Å². The Bertz CT molecular complexity index is 527. The number of aryl methyl sites for hydroxylation is 1. The smallest absolute Gasteiger partial charge is 0.133 e. The molecule has 0 aliphatic heterocycles. The summed E-state index contributed by atoms with van der Waals surface area (Å²) in [6.07, 6.45) is 1.43. The maximum atomic E-state index is 13.5. The molecule has 0 N–H and O–H groups in total. The van der Waals surface area contributed by atoms with Crippen molar-refractivity contribution in [3.05, 3.63) is 58.8 Å². The molecule has 0 saturated carbocycles. The van der Waals surface area contributed by atoms with Crippen molar-refractivity contribution >= 4 is 15.9 Å². The molecule has 2 aromatic rings. The zero-order valence-corrected chi connectivity index (χ0v) is 10.4. The monoisotopic (exact) mass is 304 g/mol. The van der Waals surface area contributed by atoms with Crippen molar-refractivity contribution in [1.82, 2.24) is 0 Å². The van der Waals surface area contributed by atoms with Crippen molar-refractivity contribution in [3.63, 3.8) is 0 Å². The molecule has 0 radical (unpaired) electrons. The standard InChI is InChI=1S/C12H8BrF3O/c1-6-2-3-17-12(6)11(13)10-8(15)4-7(14)5-9(10)16/h2-5,11H,1H3. The molecule has 0 saturated heterocycles. The van der Waals surface area contributed by atoms with Crippen molar-refractivity contribution in [2.75, 3.05) is 0 Å². The van der Waals surface area contributed by atoms with Crippen LogP contribution in [-0.2, 0) is 0 Å². The molecular formula is C12H8BrF3O. The molecular weight excluding hydrogens is 297 g/mol. The minimum absolute atomic E-state index is 0.260. The first-order valence-corrected chi connectivity index (χ1v) is 5.74. The Morgan fingerprint density at radius 2 is 1.76 bits per heavy atom. The van der Waals surface area contributed by atoms with Gasteiger partial charge in [-0.3, -0.25) is 0 Å². The van der Waals surface area contributed by atoms with Gasteiger partial charge in [0.05, 0.1) is 6.26 Å². The summed E-state index contributed by atoms with van der Waals surface area (Å²) in [5.74, 6) is -2.44. The van der Waals surface area contributed by atoms with Crippen LogP contribution in [0, 0.1) is 24.4 Å². The first-order valence-electron chi connectivity index (χ1n) is 4.83. The molecule has 1 heterocycles. The molecule has 90 valence electrons. The Morgan fingerprint density at radius 3 is 2.24 bits per heavy atom. The Hall–Kier alpha value is -1.23. The summed E-state index contributed by atoms with van der Waals surface area (Å²) in [5.41, 5.74) is 0.499. The van der Waals surface area contributed by atoms with Crippen LogP contribution < -0.4 is 0 Å². The van der Waals surface area contributed by atoms with Crippen LogP contribution in [0.5, 0.6) is 0 Å². The Labute approximate surface area is 104 Å². The summed E-state index contributed by atoms with van der Waals surface area (Å²) < 4.78 is 45.0. The summed E-state index contributed by atoms with van der Waals surface area (Å²) in [4.78, 5) is -0.780. The summed E-state index contributed by atoms with van der Waals surface area (Å²) >= 11 is 3.15. The van der Waals surface area contributed by atoms with E-state index in [9.17, 15) is 13.2 Å². The van der Waals surface area contributed by atoms with Gasteiger partial charge in [-0.2, -0.15) is 0 Å². The molecule has 1 aromatic carbocycles. The third-order valence-corrected chi connectivity index (χ3v) is 3.30. The Balaban J connectivity index is 2.51. The third-order valence-electron chi connectivity index (χ3n) is 2.43. The lowest BCUT2D eigenvalue weighted by molar-refractivity contribution is 0.491. The van der Waals surface area contributed by atoms with Crippen LogP contribution in [0.4, 0.5) is 13.2 Å². The van der Waals surface area contributed by atoms with Gasteiger partial charge >= 0.3 is 0 Å². The molecule has 0 fully saturated rings. The second-order valence-corrected chi connectivity index (χ2v) is 4.53. The van der Waals surface area contributed by atoms with E-state index in [1.54, 1.807) is 13.0 Å². The van der Waals surface area contributed by atoms with E-state index in [4.69, 9.17) is 4.42 Å². The number of alkyl halides is 1. The van der Waals surface area contributed by atoms with Gasteiger partial charge < -0.3 is 4.42 Å². The molecule has 2 rings (SSSR count). The molecule has 0 aliphatic carbocycles. The molecule has 1 nitrogen and oxygen atoms in total. The van der Waals surface area contributed by atoms with E-state index in [-0.39, 0.29) is 5.56 Å². The van der Waals surface area contributed by atoms with E-state index in [2.05, 4.69) is 15.9 Å². The van der Waals surface area contributed by atoms with E-state index in [1.807, 2.05) is 0 Å². The minimum atomic E-state index is -0.945. The Morgan fingerprint density at radius 1 is 1.18 bits per heavy atom. The average Bonchev–Trinajstić information content (AvgIpc) is 2.62. The summed E-state index contributed by atoms with van der Waals surface area (Å²) in [7, 11) is 0. The molecule has 0 bridgehead atoms. The first kappa shape index (κ1) is 12.2. The van der Waals surface area contributed by atoms with Crippen molar-refractivity contribution in [1.29, 1.82) is 0 Å². The normalized spacial score (nSPS) is 12.8. The van der Waals surface area contributed by atoms with Crippen molar-refractivity contribution in [3.8, 4) is 0 Å². The van der Waals surface area contributed by atoms with Crippen LogP contribution in [0.15, 0.2) is 28.9 Å². The average molecular weight is 305 g/mol. The van der Waals surface area contributed by atoms with Gasteiger partial charge in [-0.1, -0.05) is 15.9 Å². The van der Waals surface area contributed by atoms with Crippen LogP contribution in [0.1, 0.15) is 21.7 Å². The highest BCUT2D eigenvalue weighted by Gasteiger charge is 2.24. The number of halogens is 4. The molecule has 1 unspecified atom stereocenters. The number of hydrogen-bond acceptors (Lipinski definition) is 1. The van der Waals surface area contributed by atoms with Crippen LogP contribution in [0.2, 0.25) is 0 Å². The van der Waals surface area contributed by atoms with Crippen LogP contribution >= 0.6 is 15.9 Å². The lowest BCUT2D eigenvalue weighted by Crippen LogP contribution is -2.02. The second-order valence-electron chi connectivity index (χ2n) is 3.61.